The Morgan fingerprint density at radius 2 is 1.19 bits per heavy atom. The molecule has 7 heteroatoms. The lowest BCUT2D eigenvalue weighted by Crippen LogP contribution is -2.68. The molecule has 0 aromatic carbocycles. The van der Waals surface area contributed by atoms with E-state index in [4.69, 9.17) is 9.47 Å². The molecule has 0 spiro atoms. The summed E-state index contributed by atoms with van der Waals surface area (Å²) in [6.07, 6.45) is 0. The van der Waals surface area contributed by atoms with Gasteiger partial charge in [-0.05, 0) is 0 Å². The van der Waals surface area contributed by atoms with E-state index in [1.165, 1.54) is 4.76 Å². The number of hydrogen-bond acceptors (Lipinski definition) is 6. The van der Waals surface area contributed by atoms with Crippen LogP contribution in [0.3, 0.4) is 0 Å². The molecule has 0 N–H and O–H groups in total. The normalized spacial score (nSPS) is 33.4. The molecule has 2 unspecified atom stereocenters. The maximum atomic E-state index is 13.6. The van der Waals surface area contributed by atoms with Crippen LogP contribution < -0.4 is 0 Å². The van der Waals surface area contributed by atoms with Crippen molar-refractivity contribution in [2.75, 3.05) is 65.7 Å². The molecular formula is C19H34N3O4+. The smallest absolute Gasteiger partial charge is 0.216 e. The van der Waals surface area contributed by atoms with E-state index < -0.39 is 11.1 Å². The number of ether oxygens (including phenoxy) is 2. The maximum Gasteiger partial charge on any atom is 0.216 e. The summed E-state index contributed by atoms with van der Waals surface area (Å²) in [4.78, 5) is 31.4. The Kier molecular flexibility index (Phi) is 5.82. The van der Waals surface area contributed by atoms with Crippen LogP contribution in [0.2, 0.25) is 0 Å². The Labute approximate surface area is 156 Å². The predicted octanol–water partition coefficient (Wildman–Crippen LogP) is 0.802. The predicted molar refractivity (Wildman–Crippen MR) is 98.3 cm³/mol. The molecule has 26 heavy (non-hydrogen) atoms. The third-order valence-corrected chi connectivity index (χ3v) is 6.53. The van der Waals surface area contributed by atoms with Gasteiger partial charge in [0.25, 0.3) is 0 Å². The largest absolute Gasteiger partial charge is 0.379 e. The fourth-order valence-electron chi connectivity index (χ4n) is 4.68. The van der Waals surface area contributed by atoms with Crippen LogP contribution in [0.25, 0.3) is 0 Å². The fourth-order valence-corrected chi connectivity index (χ4v) is 4.68. The molecule has 3 fully saturated rings. The second-order valence-corrected chi connectivity index (χ2v) is 8.94. The summed E-state index contributed by atoms with van der Waals surface area (Å²) in [6, 6.07) is 0. The zero-order chi connectivity index (χ0) is 18.9. The highest BCUT2D eigenvalue weighted by atomic mass is 16.5. The van der Waals surface area contributed by atoms with Crippen LogP contribution in [0.15, 0.2) is 0 Å². The van der Waals surface area contributed by atoms with Crippen LogP contribution in [-0.4, -0.2) is 97.1 Å². The van der Waals surface area contributed by atoms with Crippen LogP contribution in [0.1, 0.15) is 27.7 Å². The van der Waals surface area contributed by atoms with Crippen LogP contribution in [0.4, 0.5) is 0 Å². The molecule has 0 bridgehead atoms. The van der Waals surface area contributed by atoms with Gasteiger partial charge in [0.1, 0.15) is 0 Å². The van der Waals surface area contributed by atoms with Gasteiger partial charge < -0.3 is 9.47 Å². The molecule has 3 heterocycles. The van der Waals surface area contributed by atoms with Crippen molar-refractivity contribution < 1.29 is 19.0 Å². The molecule has 3 aliphatic heterocycles. The number of carbonyl (C=O) groups is 1. The van der Waals surface area contributed by atoms with Crippen LogP contribution in [0.5, 0.6) is 0 Å². The summed E-state index contributed by atoms with van der Waals surface area (Å²) in [6.45, 7) is 15.1. The van der Waals surface area contributed by atoms with Gasteiger partial charge in [-0.1, -0.05) is 0 Å². The molecule has 7 nitrogen and oxygen atoms in total. The SMILES string of the molecule is CC1(C)C(CN2CCOCC2)C(=O)C(CN2CCOCC2)C(C)(C)[N+]1=O. The molecule has 0 radical (unpaired) electrons. The van der Waals surface area contributed by atoms with Gasteiger partial charge in [-0.3, -0.25) is 14.6 Å². The van der Waals surface area contributed by atoms with E-state index in [-0.39, 0.29) is 17.6 Å². The van der Waals surface area contributed by atoms with Gasteiger partial charge in [0.05, 0.1) is 38.3 Å². The number of rotatable bonds is 4. The second-order valence-electron chi connectivity index (χ2n) is 8.94. The first-order chi connectivity index (χ1) is 12.2. The number of ketones is 1. The lowest BCUT2D eigenvalue weighted by molar-refractivity contribution is -0.699. The van der Waals surface area contributed by atoms with Gasteiger partial charge in [0.15, 0.2) is 5.78 Å². The third-order valence-electron chi connectivity index (χ3n) is 6.53. The number of nitroso groups, excluding NO2 is 1. The van der Waals surface area contributed by atoms with Crippen LogP contribution in [-0.2, 0) is 14.3 Å². The molecule has 0 aromatic rings. The van der Waals surface area contributed by atoms with Gasteiger partial charge in [0.2, 0.25) is 11.1 Å². The molecule has 3 aliphatic rings. The minimum atomic E-state index is -0.708. The van der Waals surface area contributed by atoms with Crippen molar-refractivity contribution in [2.45, 2.75) is 38.8 Å². The Morgan fingerprint density at radius 1 is 0.846 bits per heavy atom. The topological polar surface area (TPSA) is 62.1 Å². The number of morpholine rings is 2. The van der Waals surface area contributed by atoms with Crippen molar-refractivity contribution in [3.8, 4) is 0 Å². The molecular weight excluding hydrogens is 334 g/mol. The summed E-state index contributed by atoms with van der Waals surface area (Å²) in [5.41, 5.74) is -1.42. The molecule has 3 rings (SSSR count). The van der Waals surface area contributed by atoms with Gasteiger partial charge >= 0.3 is 0 Å². The first kappa shape index (κ1) is 19.9. The summed E-state index contributed by atoms with van der Waals surface area (Å²) in [7, 11) is 0. The molecule has 0 amide bonds. The molecule has 0 saturated carbocycles. The van der Waals surface area contributed by atoms with Crippen molar-refractivity contribution in [3.63, 3.8) is 0 Å². The highest BCUT2D eigenvalue weighted by molar-refractivity contribution is 5.86. The third kappa shape index (κ3) is 3.72. The van der Waals surface area contributed by atoms with E-state index in [2.05, 4.69) is 9.80 Å². The van der Waals surface area contributed by atoms with E-state index in [0.717, 1.165) is 26.2 Å². The van der Waals surface area contributed by atoms with Crippen molar-refractivity contribution in [3.05, 3.63) is 4.91 Å². The minimum absolute atomic E-state index is 0.241. The van der Waals surface area contributed by atoms with Crippen molar-refractivity contribution in [1.82, 2.24) is 9.80 Å². The second kappa shape index (κ2) is 7.62. The first-order valence-electron chi connectivity index (χ1n) is 9.86. The number of nitrogens with zero attached hydrogens (tertiary/aromatic N) is 3. The van der Waals surface area contributed by atoms with E-state index in [9.17, 15) is 9.70 Å². The zero-order valence-electron chi connectivity index (χ0n) is 16.7. The van der Waals surface area contributed by atoms with Crippen LogP contribution >= 0.6 is 0 Å². The average molecular weight is 368 g/mol. The van der Waals surface area contributed by atoms with Crippen LogP contribution in [0, 0.1) is 16.7 Å². The number of Topliss-reactive ketones (excluding diaryl/α,β-unsaturated/α-hetero) is 1. The van der Waals surface area contributed by atoms with E-state index in [0.29, 0.717) is 39.5 Å². The summed E-state index contributed by atoms with van der Waals surface area (Å²) >= 11 is 0. The Bertz CT molecular complexity index is 493. The maximum absolute atomic E-state index is 13.6. The van der Waals surface area contributed by atoms with Gasteiger partial charge in [0, 0.05) is 76.6 Å². The lowest BCUT2D eigenvalue weighted by atomic mass is 9.67. The van der Waals surface area contributed by atoms with Crippen molar-refractivity contribution in [2.24, 2.45) is 11.8 Å². The molecule has 2 atom stereocenters. The fraction of sp³-hybridized carbons (Fsp3) is 0.947. The van der Waals surface area contributed by atoms with Gasteiger partial charge in [-0.25, -0.2) is 0 Å². The van der Waals surface area contributed by atoms with Crippen molar-refractivity contribution >= 4 is 5.78 Å². The molecule has 148 valence electrons. The monoisotopic (exact) mass is 368 g/mol. The highest BCUT2D eigenvalue weighted by Crippen LogP contribution is 2.41. The minimum Gasteiger partial charge on any atom is -0.379 e. The number of carbonyl (C=O) groups excluding carboxylic acids is 1. The number of hydrogen-bond donors (Lipinski definition) is 0. The van der Waals surface area contributed by atoms with Gasteiger partial charge in [-0.2, -0.15) is 0 Å². The van der Waals surface area contributed by atoms with Gasteiger partial charge in [-0.15, -0.1) is 0 Å². The highest BCUT2D eigenvalue weighted by Gasteiger charge is 2.65. The quantitative estimate of drug-likeness (QED) is 0.684. The summed E-state index contributed by atoms with van der Waals surface area (Å²) in [5, 5.41) is 0. The van der Waals surface area contributed by atoms with E-state index >= 15 is 0 Å². The molecule has 0 aliphatic carbocycles. The first-order valence-corrected chi connectivity index (χ1v) is 9.86. The lowest BCUT2D eigenvalue weighted by Gasteiger charge is -2.45. The molecule has 3 saturated heterocycles. The zero-order valence-corrected chi connectivity index (χ0v) is 16.7. The summed E-state index contributed by atoms with van der Waals surface area (Å²) in [5.74, 6) is -0.320. The Morgan fingerprint density at radius 3 is 1.54 bits per heavy atom. The Balaban J connectivity index is 1.81. The Hall–Kier alpha value is -0.890. The average Bonchev–Trinajstić information content (AvgIpc) is 2.63. The number of piperidine rings is 1. The standard InChI is InChI=1S/C19H34N3O4/c1-18(2)15(13-20-5-9-25-10-6-20)17(23)16(19(3,4)22(18)24)14-21-7-11-26-12-8-21/h15-16H,5-14H2,1-4H3/q+1. The summed E-state index contributed by atoms with van der Waals surface area (Å²) < 4.78 is 12.1. The van der Waals surface area contributed by atoms with E-state index in [1.54, 1.807) is 0 Å². The van der Waals surface area contributed by atoms with E-state index in [1.807, 2.05) is 27.7 Å². The van der Waals surface area contributed by atoms with Crippen molar-refractivity contribution in [1.29, 1.82) is 0 Å². The molecule has 0 aromatic heterocycles.